The quantitative estimate of drug-likeness (QED) is 0.723. The molecule has 7 nitrogen and oxygen atoms in total. The minimum absolute atomic E-state index is 0.0281. The number of rotatable bonds is 8. The zero-order valence-corrected chi connectivity index (χ0v) is 12.4. The van der Waals surface area contributed by atoms with Gasteiger partial charge in [-0.25, -0.2) is 13.1 Å². The lowest BCUT2D eigenvalue weighted by Crippen LogP contribution is -2.30. The number of hydrogen-bond acceptors (Lipinski definition) is 5. The van der Waals surface area contributed by atoms with Gasteiger partial charge in [-0.05, 0) is 12.3 Å². The summed E-state index contributed by atoms with van der Waals surface area (Å²) in [5.74, 6) is 0.118. The van der Waals surface area contributed by atoms with Crippen LogP contribution in [0.2, 0.25) is 0 Å². The van der Waals surface area contributed by atoms with Crippen LogP contribution in [0, 0.1) is 5.92 Å². The Balaban J connectivity index is 2.76. The molecule has 0 saturated carbocycles. The van der Waals surface area contributed by atoms with E-state index in [4.69, 9.17) is 10.5 Å². The van der Waals surface area contributed by atoms with Gasteiger partial charge in [0.1, 0.15) is 4.90 Å². The second kappa shape index (κ2) is 6.88. The monoisotopic (exact) mass is 290 g/mol. The molecule has 0 spiro atoms. The molecule has 1 heterocycles. The number of anilines is 1. The normalized spacial score (nSPS) is 13.6. The van der Waals surface area contributed by atoms with E-state index < -0.39 is 10.0 Å². The van der Waals surface area contributed by atoms with E-state index in [1.807, 2.05) is 13.8 Å². The smallest absolute Gasteiger partial charge is 0.245 e. The summed E-state index contributed by atoms with van der Waals surface area (Å²) in [6.45, 7) is 5.31. The molecule has 0 radical (unpaired) electrons. The van der Waals surface area contributed by atoms with Crippen LogP contribution in [0.25, 0.3) is 0 Å². The SMILES string of the molecule is CCCn1cc(S(=O)(=O)NCC(C)COC)c(N)n1. The highest BCUT2D eigenvalue weighted by Crippen LogP contribution is 2.16. The van der Waals surface area contributed by atoms with Crippen LogP contribution < -0.4 is 10.5 Å². The number of methoxy groups -OCH3 is 1. The highest BCUT2D eigenvalue weighted by atomic mass is 32.2. The number of nitrogens with two attached hydrogens (primary N) is 1. The number of nitrogen functional groups attached to an aromatic ring is 1. The number of nitrogens with one attached hydrogen (secondary N) is 1. The van der Waals surface area contributed by atoms with Crippen molar-refractivity contribution in [1.29, 1.82) is 0 Å². The molecule has 0 aliphatic heterocycles. The molecule has 1 atom stereocenters. The van der Waals surface area contributed by atoms with Crippen LogP contribution in [0.5, 0.6) is 0 Å². The van der Waals surface area contributed by atoms with Crippen molar-refractivity contribution >= 4 is 15.8 Å². The molecule has 1 rings (SSSR count). The van der Waals surface area contributed by atoms with Crippen molar-refractivity contribution in [3.8, 4) is 0 Å². The molecule has 19 heavy (non-hydrogen) atoms. The predicted octanol–water partition coefficient (Wildman–Crippen LogP) is 0.436. The molecular formula is C11H22N4O3S. The zero-order chi connectivity index (χ0) is 14.5. The van der Waals surface area contributed by atoms with Crippen molar-refractivity contribution in [2.75, 3.05) is 26.0 Å². The number of sulfonamides is 1. The molecule has 3 N–H and O–H groups in total. The van der Waals surface area contributed by atoms with Gasteiger partial charge in [-0.15, -0.1) is 0 Å². The van der Waals surface area contributed by atoms with E-state index in [0.29, 0.717) is 19.7 Å². The molecule has 1 aromatic heterocycles. The molecule has 0 aliphatic carbocycles. The van der Waals surface area contributed by atoms with Crippen LogP contribution in [0.1, 0.15) is 20.3 Å². The third-order valence-corrected chi connectivity index (χ3v) is 4.01. The van der Waals surface area contributed by atoms with Gasteiger partial charge in [0.25, 0.3) is 0 Å². The van der Waals surface area contributed by atoms with Gasteiger partial charge in [0.2, 0.25) is 10.0 Å². The number of hydrogen-bond donors (Lipinski definition) is 2. The Morgan fingerprint density at radius 2 is 2.26 bits per heavy atom. The largest absolute Gasteiger partial charge is 0.384 e. The van der Waals surface area contributed by atoms with Gasteiger partial charge in [0.15, 0.2) is 5.82 Å². The Morgan fingerprint density at radius 3 is 2.84 bits per heavy atom. The molecule has 1 aromatic rings. The summed E-state index contributed by atoms with van der Waals surface area (Å²) in [7, 11) is -2.03. The maximum absolute atomic E-state index is 12.1. The summed E-state index contributed by atoms with van der Waals surface area (Å²) >= 11 is 0. The topological polar surface area (TPSA) is 99.2 Å². The molecule has 1 unspecified atom stereocenters. The van der Waals surface area contributed by atoms with Crippen molar-refractivity contribution in [1.82, 2.24) is 14.5 Å². The Bertz CT molecular complexity index is 498. The fraction of sp³-hybridized carbons (Fsp3) is 0.727. The lowest BCUT2D eigenvalue weighted by atomic mass is 10.2. The minimum atomic E-state index is -3.62. The summed E-state index contributed by atoms with van der Waals surface area (Å²) in [6.07, 6.45) is 2.32. The van der Waals surface area contributed by atoms with Crippen LogP contribution in [0.4, 0.5) is 5.82 Å². The molecule has 0 aromatic carbocycles. The van der Waals surface area contributed by atoms with Crippen molar-refractivity contribution in [3.05, 3.63) is 6.20 Å². The Morgan fingerprint density at radius 1 is 1.58 bits per heavy atom. The molecular weight excluding hydrogens is 268 g/mol. The molecule has 0 bridgehead atoms. The fourth-order valence-corrected chi connectivity index (χ4v) is 2.88. The summed E-state index contributed by atoms with van der Waals surface area (Å²) in [5, 5.41) is 3.98. The first kappa shape index (κ1) is 15.9. The second-order valence-corrected chi connectivity index (χ2v) is 6.29. The lowest BCUT2D eigenvalue weighted by molar-refractivity contribution is 0.161. The van der Waals surface area contributed by atoms with Gasteiger partial charge < -0.3 is 10.5 Å². The summed E-state index contributed by atoms with van der Waals surface area (Å²) in [4.78, 5) is 0.0329. The predicted molar refractivity (Wildman–Crippen MR) is 73.2 cm³/mol. The van der Waals surface area contributed by atoms with Crippen molar-refractivity contribution in [2.24, 2.45) is 5.92 Å². The standard InChI is InChI=1S/C11H22N4O3S/c1-4-5-15-7-10(11(12)14-15)19(16,17)13-6-9(2)8-18-3/h7,9,13H,4-6,8H2,1-3H3,(H2,12,14). The van der Waals surface area contributed by atoms with E-state index in [0.717, 1.165) is 6.42 Å². The second-order valence-electron chi connectivity index (χ2n) is 4.55. The van der Waals surface area contributed by atoms with Crippen LogP contribution in [0.15, 0.2) is 11.1 Å². The maximum Gasteiger partial charge on any atom is 0.245 e. The Labute approximate surface area is 114 Å². The molecule has 0 amide bonds. The van der Waals surface area contributed by atoms with Gasteiger partial charge in [-0.2, -0.15) is 5.10 Å². The third kappa shape index (κ3) is 4.48. The first-order chi connectivity index (χ1) is 8.90. The van der Waals surface area contributed by atoms with E-state index >= 15 is 0 Å². The number of aryl methyl sites for hydroxylation is 1. The average molecular weight is 290 g/mol. The molecule has 110 valence electrons. The Hall–Kier alpha value is -1.12. The van der Waals surface area contributed by atoms with E-state index in [-0.39, 0.29) is 16.6 Å². The first-order valence-electron chi connectivity index (χ1n) is 6.22. The molecule has 0 saturated heterocycles. The van der Waals surface area contributed by atoms with E-state index in [2.05, 4.69) is 9.82 Å². The fourth-order valence-electron chi connectivity index (χ4n) is 1.64. The lowest BCUT2D eigenvalue weighted by Gasteiger charge is -2.11. The number of nitrogens with zero attached hydrogens (tertiary/aromatic N) is 2. The van der Waals surface area contributed by atoms with Crippen molar-refractivity contribution in [3.63, 3.8) is 0 Å². The third-order valence-electron chi connectivity index (χ3n) is 2.57. The van der Waals surface area contributed by atoms with Crippen LogP contribution in [-0.2, 0) is 21.3 Å². The molecule has 8 heteroatoms. The van der Waals surface area contributed by atoms with Crippen LogP contribution >= 0.6 is 0 Å². The van der Waals surface area contributed by atoms with Gasteiger partial charge in [0.05, 0.1) is 0 Å². The maximum atomic E-state index is 12.1. The van der Waals surface area contributed by atoms with E-state index in [1.54, 1.807) is 11.8 Å². The van der Waals surface area contributed by atoms with Crippen LogP contribution in [-0.4, -0.2) is 38.5 Å². The highest BCUT2D eigenvalue weighted by molar-refractivity contribution is 7.89. The van der Waals surface area contributed by atoms with Crippen LogP contribution in [0.3, 0.4) is 0 Å². The Kier molecular flexibility index (Phi) is 5.77. The summed E-state index contributed by atoms with van der Waals surface area (Å²) in [6, 6.07) is 0. The number of ether oxygens (including phenoxy) is 1. The molecule has 0 aliphatic rings. The first-order valence-corrected chi connectivity index (χ1v) is 7.70. The van der Waals surface area contributed by atoms with Gasteiger partial charge in [-0.1, -0.05) is 13.8 Å². The van der Waals surface area contributed by atoms with Crippen molar-refractivity contribution < 1.29 is 13.2 Å². The van der Waals surface area contributed by atoms with Gasteiger partial charge >= 0.3 is 0 Å². The van der Waals surface area contributed by atoms with E-state index in [1.165, 1.54) is 6.20 Å². The molecule has 0 fully saturated rings. The zero-order valence-electron chi connectivity index (χ0n) is 11.6. The number of aromatic nitrogens is 2. The summed E-state index contributed by atoms with van der Waals surface area (Å²) in [5.41, 5.74) is 5.65. The summed E-state index contributed by atoms with van der Waals surface area (Å²) < 4.78 is 33.2. The highest BCUT2D eigenvalue weighted by Gasteiger charge is 2.21. The van der Waals surface area contributed by atoms with E-state index in [9.17, 15) is 8.42 Å². The van der Waals surface area contributed by atoms with Gasteiger partial charge in [-0.3, -0.25) is 4.68 Å². The van der Waals surface area contributed by atoms with Gasteiger partial charge in [0, 0.05) is 33.0 Å². The van der Waals surface area contributed by atoms with Crippen molar-refractivity contribution in [2.45, 2.75) is 31.7 Å². The minimum Gasteiger partial charge on any atom is -0.384 e. The average Bonchev–Trinajstić information content (AvgIpc) is 2.70.